The zero-order valence-electron chi connectivity index (χ0n) is 15.8. The molecule has 0 amide bonds. The summed E-state index contributed by atoms with van der Waals surface area (Å²) in [7, 11) is 0. The molecular formula is C23H22N4O. The first-order chi connectivity index (χ1) is 13.8. The lowest BCUT2D eigenvalue weighted by Gasteiger charge is -2.20. The maximum atomic E-state index is 5.74. The summed E-state index contributed by atoms with van der Waals surface area (Å²) in [6.45, 7) is 4.14. The van der Waals surface area contributed by atoms with E-state index >= 15 is 0 Å². The van der Waals surface area contributed by atoms with E-state index in [0.717, 1.165) is 22.6 Å². The van der Waals surface area contributed by atoms with Gasteiger partial charge in [-0.1, -0.05) is 29.8 Å². The fourth-order valence-electron chi connectivity index (χ4n) is 3.13. The largest absolute Gasteiger partial charge is 0.444 e. The quantitative estimate of drug-likeness (QED) is 0.474. The minimum atomic E-state index is 0.648. The Morgan fingerprint density at radius 2 is 1.46 bits per heavy atom. The second-order valence-electron chi connectivity index (χ2n) is 6.80. The Balaban J connectivity index is 1.53. The van der Waals surface area contributed by atoms with Crippen LogP contribution in [-0.2, 0) is 19.6 Å². The number of pyridine rings is 2. The number of hydrogen-bond acceptors (Lipinski definition) is 5. The van der Waals surface area contributed by atoms with Crippen molar-refractivity contribution >= 4 is 0 Å². The molecule has 3 aromatic heterocycles. The Morgan fingerprint density at radius 1 is 0.786 bits per heavy atom. The molecule has 0 fully saturated rings. The summed E-state index contributed by atoms with van der Waals surface area (Å²) in [4.78, 5) is 15.9. The van der Waals surface area contributed by atoms with E-state index in [1.807, 2.05) is 60.9 Å². The lowest BCUT2D eigenvalue weighted by Crippen LogP contribution is -2.23. The number of oxazole rings is 1. The van der Waals surface area contributed by atoms with Crippen molar-refractivity contribution in [3.05, 3.63) is 102 Å². The molecule has 0 aliphatic heterocycles. The standard InChI is InChI=1S/C23H22N4O/c1-18-7-6-8-19(13-18)23-26-22(17-28-23)16-27(14-20-9-2-4-11-24-20)15-21-10-3-5-12-25-21/h2-13,17H,14-16H2,1H3. The lowest BCUT2D eigenvalue weighted by molar-refractivity contribution is 0.238. The van der Waals surface area contributed by atoms with Gasteiger partial charge in [0.1, 0.15) is 6.26 Å². The van der Waals surface area contributed by atoms with Crippen molar-refractivity contribution in [3.8, 4) is 11.5 Å². The molecule has 3 heterocycles. The molecule has 5 nitrogen and oxygen atoms in total. The van der Waals surface area contributed by atoms with Gasteiger partial charge in [-0.3, -0.25) is 14.9 Å². The molecule has 1 aromatic carbocycles. The van der Waals surface area contributed by atoms with E-state index in [0.29, 0.717) is 25.5 Å². The van der Waals surface area contributed by atoms with Gasteiger partial charge in [0.25, 0.3) is 0 Å². The molecule has 0 spiro atoms. The molecule has 28 heavy (non-hydrogen) atoms. The number of nitrogens with zero attached hydrogens (tertiary/aromatic N) is 4. The minimum Gasteiger partial charge on any atom is -0.444 e. The first-order valence-corrected chi connectivity index (χ1v) is 9.30. The predicted molar refractivity (Wildman–Crippen MR) is 108 cm³/mol. The van der Waals surface area contributed by atoms with Gasteiger partial charge in [0.05, 0.1) is 17.1 Å². The van der Waals surface area contributed by atoms with E-state index in [1.54, 1.807) is 6.26 Å². The Kier molecular flexibility index (Phi) is 5.54. The summed E-state index contributed by atoms with van der Waals surface area (Å²) in [5, 5.41) is 0. The number of benzene rings is 1. The van der Waals surface area contributed by atoms with Crippen LogP contribution in [0.3, 0.4) is 0 Å². The fraction of sp³-hybridized carbons (Fsp3) is 0.174. The van der Waals surface area contributed by atoms with Gasteiger partial charge in [-0.25, -0.2) is 4.98 Å². The first-order valence-electron chi connectivity index (χ1n) is 9.30. The summed E-state index contributed by atoms with van der Waals surface area (Å²) in [6, 6.07) is 20.1. The molecule has 0 saturated carbocycles. The highest BCUT2D eigenvalue weighted by atomic mass is 16.3. The lowest BCUT2D eigenvalue weighted by atomic mass is 10.1. The van der Waals surface area contributed by atoms with Crippen LogP contribution in [-0.4, -0.2) is 19.9 Å². The van der Waals surface area contributed by atoms with Crippen LogP contribution < -0.4 is 0 Å². The molecular weight excluding hydrogens is 348 g/mol. The van der Waals surface area contributed by atoms with Crippen LogP contribution in [0.25, 0.3) is 11.5 Å². The number of rotatable bonds is 7. The van der Waals surface area contributed by atoms with Gasteiger partial charge in [-0.05, 0) is 43.3 Å². The van der Waals surface area contributed by atoms with E-state index in [1.165, 1.54) is 5.56 Å². The number of hydrogen-bond donors (Lipinski definition) is 0. The van der Waals surface area contributed by atoms with Crippen molar-refractivity contribution in [2.45, 2.75) is 26.6 Å². The monoisotopic (exact) mass is 370 g/mol. The highest BCUT2D eigenvalue weighted by molar-refractivity contribution is 5.54. The van der Waals surface area contributed by atoms with Crippen LogP contribution >= 0.6 is 0 Å². The topological polar surface area (TPSA) is 55.1 Å². The molecule has 5 heteroatoms. The van der Waals surface area contributed by atoms with Gasteiger partial charge in [-0.2, -0.15) is 0 Å². The van der Waals surface area contributed by atoms with E-state index in [2.05, 4.69) is 33.9 Å². The van der Waals surface area contributed by atoms with Crippen molar-refractivity contribution in [1.82, 2.24) is 19.9 Å². The number of aromatic nitrogens is 3. The van der Waals surface area contributed by atoms with Gasteiger partial charge in [-0.15, -0.1) is 0 Å². The first kappa shape index (κ1) is 18.1. The second-order valence-corrected chi connectivity index (χ2v) is 6.80. The molecule has 0 radical (unpaired) electrons. The molecule has 4 aromatic rings. The van der Waals surface area contributed by atoms with E-state index in [4.69, 9.17) is 9.40 Å². The third-order valence-electron chi connectivity index (χ3n) is 4.43. The molecule has 0 bridgehead atoms. The maximum absolute atomic E-state index is 5.74. The van der Waals surface area contributed by atoms with Crippen molar-refractivity contribution < 1.29 is 4.42 Å². The fourth-order valence-corrected chi connectivity index (χ4v) is 3.13. The molecule has 0 N–H and O–H groups in total. The average Bonchev–Trinajstić information content (AvgIpc) is 3.18. The van der Waals surface area contributed by atoms with Crippen molar-refractivity contribution in [3.63, 3.8) is 0 Å². The van der Waals surface area contributed by atoms with Crippen LogP contribution in [0.1, 0.15) is 22.6 Å². The van der Waals surface area contributed by atoms with Gasteiger partial charge >= 0.3 is 0 Å². The third kappa shape index (κ3) is 4.69. The highest BCUT2D eigenvalue weighted by Crippen LogP contribution is 2.21. The zero-order chi connectivity index (χ0) is 19.2. The van der Waals surface area contributed by atoms with Crippen LogP contribution in [0.15, 0.2) is 83.7 Å². The molecule has 0 aliphatic carbocycles. The summed E-state index contributed by atoms with van der Waals surface area (Å²) in [5.41, 5.74) is 5.10. The van der Waals surface area contributed by atoms with Crippen LogP contribution in [0.5, 0.6) is 0 Å². The molecule has 0 aliphatic rings. The molecule has 0 unspecified atom stereocenters. The van der Waals surface area contributed by atoms with Crippen LogP contribution in [0.2, 0.25) is 0 Å². The Morgan fingerprint density at radius 3 is 2.07 bits per heavy atom. The molecule has 140 valence electrons. The van der Waals surface area contributed by atoms with Gasteiger partial charge in [0, 0.05) is 37.6 Å². The van der Waals surface area contributed by atoms with Crippen LogP contribution in [0.4, 0.5) is 0 Å². The second kappa shape index (κ2) is 8.59. The smallest absolute Gasteiger partial charge is 0.226 e. The van der Waals surface area contributed by atoms with Crippen molar-refractivity contribution in [2.75, 3.05) is 0 Å². The normalized spacial score (nSPS) is 11.1. The number of aryl methyl sites for hydroxylation is 1. The Hall–Kier alpha value is -3.31. The third-order valence-corrected chi connectivity index (χ3v) is 4.43. The van der Waals surface area contributed by atoms with Crippen LogP contribution in [0, 0.1) is 6.92 Å². The Labute approximate surface area is 164 Å². The van der Waals surface area contributed by atoms with E-state index in [9.17, 15) is 0 Å². The average molecular weight is 370 g/mol. The summed E-state index contributed by atoms with van der Waals surface area (Å²) < 4.78 is 5.74. The predicted octanol–water partition coefficient (Wildman–Crippen LogP) is 4.64. The van der Waals surface area contributed by atoms with E-state index in [-0.39, 0.29) is 0 Å². The summed E-state index contributed by atoms with van der Waals surface area (Å²) >= 11 is 0. The van der Waals surface area contributed by atoms with Crippen molar-refractivity contribution in [1.29, 1.82) is 0 Å². The van der Waals surface area contributed by atoms with Crippen molar-refractivity contribution in [2.24, 2.45) is 0 Å². The summed E-state index contributed by atoms with van der Waals surface area (Å²) in [6.07, 6.45) is 5.38. The van der Waals surface area contributed by atoms with Gasteiger partial charge in [0.15, 0.2) is 0 Å². The molecule has 0 atom stereocenters. The van der Waals surface area contributed by atoms with Gasteiger partial charge in [0.2, 0.25) is 5.89 Å². The zero-order valence-corrected chi connectivity index (χ0v) is 15.8. The maximum Gasteiger partial charge on any atom is 0.226 e. The SMILES string of the molecule is Cc1cccc(-c2nc(CN(Cc3ccccn3)Cc3ccccn3)co2)c1. The van der Waals surface area contributed by atoms with E-state index < -0.39 is 0 Å². The van der Waals surface area contributed by atoms with Gasteiger partial charge < -0.3 is 4.42 Å². The molecule has 0 saturated heterocycles. The highest BCUT2D eigenvalue weighted by Gasteiger charge is 2.13. The minimum absolute atomic E-state index is 0.648. The molecule has 4 rings (SSSR count). The summed E-state index contributed by atoms with van der Waals surface area (Å²) in [5.74, 6) is 0.648. The Bertz CT molecular complexity index is 973.